The van der Waals surface area contributed by atoms with Gasteiger partial charge in [0.05, 0.1) is 6.61 Å². The Morgan fingerprint density at radius 3 is 2.67 bits per heavy atom. The number of hydrogen-bond acceptors (Lipinski definition) is 6. The van der Waals surface area contributed by atoms with E-state index in [0.29, 0.717) is 17.5 Å². The van der Waals surface area contributed by atoms with Gasteiger partial charge in [0.15, 0.2) is 5.69 Å². The number of amides is 1. The minimum atomic E-state index is -0.505. The van der Waals surface area contributed by atoms with Crippen LogP contribution in [0.15, 0.2) is 45.1 Å². The summed E-state index contributed by atoms with van der Waals surface area (Å²) in [4.78, 5) is 27.3. The summed E-state index contributed by atoms with van der Waals surface area (Å²) in [6.45, 7) is 3.47. The number of esters is 1. The molecule has 1 N–H and O–H groups in total. The molecule has 110 valence electrons. The van der Waals surface area contributed by atoms with Crippen LogP contribution in [0.2, 0.25) is 0 Å². The highest BCUT2D eigenvalue weighted by Gasteiger charge is 2.13. The monoisotopic (exact) mass is 306 g/mol. The quantitative estimate of drug-likeness (QED) is 0.855. The van der Waals surface area contributed by atoms with E-state index in [1.165, 1.54) is 24.9 Å². The van der Waals surface area contributed by atoms with Gasteiger partial charge in [-0.25, -0.2) is 4.79 Å². The predicted molar refractivity (Wildman–Crippen MR) is 77.3 cm³/mol. The number of hydrogen-bond donors (Lipinski definition) is 1. The third-order valence-corrected chi connectivity index (χ3v) is 3.22. The number of benzene rings is 1. The summed E-state index contributed by atoms with van der Waals surface area (Å²) in [5.74, 6) is -0.628. The molecule has 21 heavy (non-hydrogen) atoms. The molecule has 0 unspecified atom stereocenters. The van der Waals surface area contributed by atoms with Gasteiger partial charge in [-0.3, -0.25) is 4.79 Å². The fourth-order valence-corrected chi connectivity index (χ4v) is 2.23. The van der Waals surface area contributed by atoms with Crippen molar-refractivity contribution in [2.75, 3.05) is 11.9 Å². The third-order valence-electron chi connectivity index (χ3n) is 2.35. The second-order valence-corrected chi connectivity index (χ2v) is 5.05. The number of anilines is 1. The topological polar surface area (TPSA) is 81.4 Å². The lowest BCUT2D eigenvalue weighted by Gasteiger charge is -2.02. The minimum absolute atomic E-state index is 0.123. The summed E-state index contributed by atoms with van der Waals surface area (Å²) >= 11 is 1.27. The van der Waals surface area contributed by atoms with Crippen LogP contribution in [0.25, 0.3) is 0 Å². The van der Waals surface area contributed by atoms with E-state index < -0.39 is 5.97 Å². The molecule has 0 fully saturated rings. The zero-order valence-electron chi connectivity index (χ0n) is 11.6. The van der Waals surface area contributed by atoms with E-state index in [2.05, 4.69) is 10.3 Å². The Hall–Kier alpha value is -2.28. The molecule has 0 radical (unpaired) electrons. The van der Waals surface area contributed by atoms with Crippen molar-refractivity contribution in [2.45, 2.75) is 24.0 Å². The van der Waals surface area contributed by atoms with Gasteiger partial charge in [-0.1, -0.05) is 0 Å². The molecule has 6 nitrogen and oxygen atoms in total. The van der Waals surface area contributed by atoms with Crippen molar-refractivity contribution in [1.29, 1.82) is 0 Å². The number of carbonyl (C=O) groups is 2. The van der Waals surface area contributed by atoms with Crippen LogP contribution in [-0.2, 0) is 9.53 Å². The molecule has 1 heterocycles. The first-order valence-electron chi connectivity index (χ1n) is 6.26. The molecule has 1 aromatic carbocycles. The van der Waals surface area contributed by atoms with Crippen LogP contribution >= 0.6 is 11.8 Å². The van der Waals surface area contributed by atoms with Crippen molar-refractivity contribution < 1.29 is 18.7 Å². The minimum Gasteiger partial charge on any atom is -0.461 e. The van der Waals surface area contributed by atoms with Crippen molar-refractivity contribution >= 4 is 29.3 Å². The van der Waals surface area contributed by atoms with Crippen molar-refractivity contribution in [2.24, 2.45) is 0 Å². The Kier molecular flexibility index (Phi) is 4.99. The third kappa shape index (κ3) is 4.35. The summed E-state index contributed by atoms with van der Waals surface area (Å²) in [5, 5.41) is 3.03. The van der Waals surface area contributed by atoms with Crippen LogP contribution in [0.3, 0.4) is 0 Å². The summed E-state index contributed by atoms with van der Waals surface area (Å²) < 4.78 is 10.0. The maximum absolute atomic E-state index is 11.5. The molecule has 0 saturated carbocycles. The second kappa shape index (κ2) is 6.94. The molecule has 0 aliphatic carbocycles. The SMILES string of the molecule is CCOC(=O)c1coc(Sc2ccc(NC(C)=O)cc2)n1. The van der Waals surface area contributed by atoms with Gasteiger partial charge in [-0.2, -0.15) is 4.98 Å². The first kappa shape index (κ1) is 15.1. The zero-order valence-corrected chi connectivity index (χ0v) is 12.4. The summed E-state index contributed by atoms with van der Waals surface area (Å²) in [5.41, 5.74) is 0.862. The average molecular weight is 306 g/mol. The van der Waals surface area contributed by atoms with Crippen LogP contribution in [0.1, 0.15) is 24.3 Å². The van der Waals surface area contributed by atoms with Gasteiger partial charge in [-0.05, 0) is 43.0 Å². The molecule has 0 bridgehead atoms. The number of oxazole rings is 1. The lowest BCUT2D eigenvalue weighted by atomic mass is 10.3. The van der Waals surface area contributed by atoms with E-state index in [0.717, 1.165) is 4.90 Å². The lowest BCUT2D eigenvalue weighted by molar-refractivity contribution is -0.114. The fourth-order valence-electron chi connectivity index (χ4n) is 1.51. The van der Waals surface area contributed by atoms with E-state index >= 15 is 0 Å². The van der Waals surface area contributed by atoms with E-state index in [4.69, 9.17) is 9.15 Å². The Bertz CT molecular complexity index is 637. The van der Waals surface area contributed by atoms with Crippen molar-refractivity contribution in [3.63, 3.8) is 0 Å². The van der Waals surface area contributed by atoms with Gasteiger partial charge < -0.3 is 14.5 Å². The Morgan fingerprint density at radius 1 is 1.33 bits per heavy atom. The van der Waals surface area contributed by atoms with Gasteiger partial charge in [0.2, 0.25) is 5.91 Å². The van der Waals surface area contributed by atoms with Crippen LogP contribution < -0.4 is 5.32 Å². The van der Waals surface area contributed by atoms with Crippen LogP contribution in [0.4, 0.5) is 5.69 Å². The fraction of sp³-hybridized carbons (Fsp3) is 0.214. The summed E-state index contributed by atoms with van der Waals surface area (Å²) in [7, 11) is 0. The highest BCUT2D eigenvalue weighted by molar-refractivity contribution is 7.99. The largest absolute Gasteiger partial charge is 0.461 e. The number of carbonyl (C=O) groups excluding carboxylic acids is 2. The van der Waals surface area contributed by atoms with Crippen molar-refractivity contribution in [1.82, 2.24) is 4.98 Å². The van der Waals surface area contributed by atoms with Crippen LogP contribution in [0.5, 0.6) is 0 Å². The molecular formula is C14H14N2O4S. The highest BCUT2D eigenvalue weighted by Crippen LogP contribution is 2.28. The zero-order chi connectivity index (χ0) is 15.2. The average Bonchev–Trinajstić information content (AvgIpc) is 2.89. The number of ether oxygens (including phenoxy) is 1. The predicted octanol–water partition coefficient (Wildman–Crippen LogP) is 2.96. The van der Waals surface area contributed by atoms with Crippen LogP contribution in [-0.4, -0.2) is 23.5 Å². The molecule has 7 heteroatoms. The van der Waals surface area contributed by atoms with Gasteiger partial charge in [-0.15, -0.1) is 0 Å². The molecule has 0 aliphatic heterocycles. The first-order chi connectivity index (χ1) is 10.1. The first-order valence-corrected chi connectivity index (χ1v) is 7.08. The summed E-state index contributed by atoms with van der Waals surface area (Å²) in [6.07, 6.45) is 1.27. The molecule has 0 aliphatic rings. The molecule has 0 spiro atoms. The highest BCUT2D eigenvalue weighted by atomic mass is 32.2. The summed E-state index contributed by atoms with van der Waals surface area (Å²) in [6, 6.07) is 7.20. The molecule has 0 atom stereocenters. The number of nitrogens with one attached hydrogen (secondary N) is 1. The van der Waals surface area contributed by atoms with Crippen LogP contribution in [0, 0.1) is 0 Å². The molecule has 1 aromatic heterocycles. The molecule has 2 rings (SSSR count). The Labute approximate surface area is 125 Å². The number of nitrogens with zero attached hydrogens (tertiary/aromatic N) is 1. The Morgan fingerprint density at radius 2 is 2.05 bits per heavy atom. The standard InChI is InChI=1S/C14H14N2O4S/c1-3-19-13(18)12-8-20-14(16-12)21-11-6-4-10(5-7-11)15-9(2)17/h4-8H,3H2,1-2H3,(H,15,17). The van der Waals surface area contributed by atoms with Crippen molar-refractivity contribution in [3.05, 3.63) is 36.2 Å². The normalized spacial score (nSPS) is 10.2. The van der Waals surface area contributed by atoms with Gasteiger partial charge in [0.1, 0.15) is 6.26 Å². The van der Waals surface area contributed by atoms with E-state index in [-0.39, 0.29) is 11.6 Å². The molecule has 1 amide bonds. The number of rotatable bonds is 5. The number of aromatic nitrogens is 1. The van der Waals surface area contributed by atoms with Gasteiger partial charge >= 0.3 is 5.97 Å². The lowest BCUT2D eigenvalue weighted by Crippen LogP contribution is -2.05. The Balaban J connectivity index is 2.01. The molecule has 0 saturated heterocycles. The maximum atomic E-state index is 11.5. The van der Waals surface area contributed by atoms with Crippen molar-refractivity contribution in [3.8, 4) is 0 Å². The van der Waals surface area contributed by atoms with E-state index in [1.54, 1.807) is 19.1 Å². The maximum Gasteiger partial charge on any atom is 0.360 e. The molecule has 2 aromatic rings. The van der Waals surface area contributed by atoms with E-state index in [9.17, 15) is 9.59 Å². The van der Waals surface area contributed by atoms with Gasteiger partial charge in [0, 0.05) is 17.5 Å². The smallest absolute Gasteiger partial charge is 0.360 e. The second-order valence-electron chi connectivity index (χ2n) is 4.03. The van der Waals surface area contributed by atoms with E-state index in [1.807, 2.05) is 12.1 Å². The van der Waals surface area contributed by atoms with Gasteiger partial charge in [0.25, 0.3) is 5.22 Å². The molecular weight excluding hydrogens is 292 g/mol.